The third-order valence-corrected chi connectivity index (χ3v) is 3.83. The predicted octanol–water partition coefficient (Wildman–Crippen LogP) is 3.22. The summed E-state index contributed by atoms with van der Waals surface area (Å²) in [7, 11) is 1.90. The van der Waals surface area contributed by atoms with Gasteiger partial charge in [0.05, 0.1) is 8.95 Å². The van der Waals surface area contributed by atoms with Gasteiger partial charge in [-0.3, -0.25) is 4.79 Å². The summed E-state index contributed by atoms with van der Waals surface area (Å²) >= 11 is 6.97. The van der Waals surface area contributed by atoms with Gasteiger partial charge in [-0.15, -0.1) is 0 Å². The van der Waals surface area contributed by atoms with E-state index in [9.17, 15) is 4.79 Å². The standard InChI is InChI=1S/C14H20Br2N2O2/c1-4-5-18-14(19)9(2)20-13-11(15)6-10(8-17-3)7-12(13)16/h6-7,9,17H,4-5,8H2,1-3H3,(H,18,19). The lowest BCUT2D eigenvalue weighted by atomic mass is 10.2. The number of nitrogens with one attached hydrogen (secondary N) is 2. The average molecular weight is 408 g/mol. The van der Waals surface area contributed by atoms with Crippen molar-refractivity contribution in [1.82, 2.24) is 10.6 Å². The second kappa shape index (κ2) is 8.64. The second-order valence-corrected chi connectivity index (χ2v) is 6.18. The first-order valence-corrected chi connectivity index (χ1v) is 8.15. The molecule has 0 aliphatic heterocycles. The molecule has 112 valence electrons. The number of carbonyl (C=O) groups excluding carboxylic acids is 1. The molecule has 0 saturated heterocycles. The molecule has 0 radical (unpaired) electrons. The van der Waals surface area contributed by atoms with E-state index in [0.29, 0.717) is 12.3 Å². The van der Waals surface area contributed by atoms with Gasteiger partial charge in [-0.05, 0) is 69.9 Å². The van der Waals surface area contributed by atoms with Gasteiger partial charge in [-0.25, -0.2) is 0 Å². The maximum absolute atomic E-state index is 11.8. The van der Waals surface area contributed by atoms with E-state index in [1.165, 1.54) is 0 Å². The zero-order valence-electron chi connectivity index (χ0n) is 11.9. The van der Waals surface area contributed by atoms with Crippen molar-refractivity contribution in [1.29, 1.82) is 0 Å². The molecular formula is C14H20Br2N2O2. The summed E-state index contributed by atoms with van der Waals surface area (Å²) in [5, 5.41) is 5.91. The Morgan fingerprint density at radius 1 is 1.35 bits per heavy atom. The lowest BCUT2D eigenvalue weighted by Gasteiger charge is -2.17. The van der Waals surface area contributed by atoms with Crippen molar-refractivity contribution in [3.05, 3.63) is 26.6 Å². The maximum atomic E-state index is 11.8. The van der Waals surface area contributed by atoms with Gasteiger partial charge in [0, 0.05) is 13.1 Å². The first-order chi connectivity index (χ1) is 9.49. The van der Waals surface area contributed by atoms with E-state index in [-0.39, 0.29) is 5.91 Å². The Bertz CT molecular complexity index is 443. The molecule has 0 fully saturated rings. The Balaban J connectivity index is 2.79. The largest absolute Gasteiger partial charge is 0.479 e. The van der Waals surface area contributed by atoms with E-state index in [1.54, 1.807) is 6.92 Å². The van der Waals surface area contributed by atoms with Crippen LogP contribution in [0.1, 0.15) is 25.8 Å². The van der Waals surface area contributed by atoms with Crippen LogP contribution in [0.25, 0.3) is 0 Å². The van der Waals surface area contributed by atoms with Crippen LogP contribution in [0, 0.1) is 0 Å². The number of carbonyl (C=O) groups is 1. The third-order valence-electron chi connectivity index (χ3n) is 2.65. The van der Waals surface area contributed by atoms with Gasteiger partial charge in [0.15, 0.2) is 6.10 Å². The van der Waals surface area contributed by atoms with E-state index in [2.05, 4.69) is 42.5 Å². The number of hydrogen-bond acceptors (Lipinski definition) is 3. The number of benzene rings is 1. The van der Waals surface area contributed by atoms with Gasteiger partial charge in [-0.1, -0.05) is 6.92 Å². The van der Waals surface area contributed by atoms with Crippen LogP contribution in [0.5, 0.6) is 5.75 Å². The van der Waals surface area contributed by atoms with Crippen molar-refractivity contribution in [2.75, 3.05) is 13.6 Å². The van der Waals surface area contributed by atoms with Crippen LogP contribution in [0.4, 0.5) is 0 Å². The first-order valence-electron chi connectivity index (χ1n) is 6.56. The minimum atomic E-state index is -0.538. The number of halogens is 2. The van der Waals surface area contributed by atoms with Crippen molar-refractivity contribution in [3.63, 3.8) is 0 Å². The van der Waals surface area contributed by atoms with Crippen molar-refractivity contribution in [2.24, 2.45) is 0 Å². The van der Waals surface area contributed by atoms with E-state index in [1.807, 2.05) is 26.1 Å². The van der Waals surface area contributed by atoms with Gasteiger partial charge in [-0.2, -0.15) is 0 Å². The molecule has 6 heteroatoms. The molecule has 1 rings (SSSR count). The van der Waals surface area contributed by atoms with Gasteiger partial charge >= 0.3 is 0 Å². The number of amides is 1. The van der Waals surface area contributed by atoms with Crippen LogP contribution in [-0.2, 0) is 11.3 Å². The molecule has 0 heterocycles. The normalized spacial score (nSPS) is 12.1. The molecule has 0 bridgehead atoms. The quantitative estimate of drug-likeness (QED) is 0.729. The fourth-order valence-electron chi connectivity index (χ4n) is 1.65. The Hall–Kier alpha value is -0.590. The highest BCUT2D eigenvalue weighted by Gasteiger charge is 2.17. The van der Waals surface area contributed by atoms with Gasteiger partial charge < -0.3 is 15.4 Å². The summed E-state index contributed by atoms with van der Waals surface area (Å²) in [5.74, 6) is 0.536. The summed E-state index contributed by atoms with van der Waals surface area (Å²) < 4.78 is 7.39. The van der Waals surface area contributed by atoms with Crippen LogP contribution in [0.3, 0.4) is 0 Å². The third kappa shape index (κ3) is 5.07. The highest BCUT2D eigenvalue weighted by molar-refractivity contribution is 9.11. The lowest BCUT2D eigenvalue weighted by molar-refractivity contribution is -0.127. The molecule has 1 unspecified atom stereocenters. The van der Waals surface area contributed by atoms with Crippen LogP contribution in [0.2, 0.25) is 0 Å². The molecule has 0 aliphatic carbocycles. The molecule has 2 N–H and O–H groups in total. The molecule has 1 aromatic rings. The molecule has 1 amide bonds. The molecule has 0 aromatic heterocycles. The smallest absolute Gasteiger partial charge is 0.260 e. The Labute approximate surface area is 136 Å². The number of ether oxygens (including phenoxy) is 1. The maximum Gasteiger partial charge on any atom is 0.260 e. The molecule has 1 aromatic carbocycles. The number of hydrogen-bond donors (Lipinski definition) is 2. The van der Waals surface area contributed by atoms with Crippen LogP contribution in [0.15, 0.2) is 21.1 Å². The summed E-state index contributed by atoms with van der Waals surface area (Å²) in [5.41, 5.74) is 1.13. The van der Waals surface area contributed by atoms with E-state index in [4.69, 9.17) is 4.74 Å². The first kappa shape index (κ1) is 17.5. The number of rotatable bonds is 7. The molecule has 0 aliphatic rings. The second-order valence-electron chi connectivity index (χ2n) is 4.47. The van der Waals surface area contributed by atoms with Crippen molar-refractivity contribution in [3.8, 4) is 5.75 Å². The van der Waals surface area contributed by atoms with E-state index < -0.39 is 6.10 Å². The predicted molar refractivity (Wildman–Crippen MR) is 88.0 cm³/mol. The van der Waals surface area contributed by atoms with E-state index in [0.717, 1.165) is 27.5 Å². The van der Waals surface area contributed by atoms with E-state index >= 15 is 0 Å². The fourth-order valence-corrected chi connectivity index (χ4v) is 3.12. The monoisotopic (exact) mass is 406 g/mol. The summed E-state index contributed by atoms with van der Waals surface area (Å²) in [6, 6.07) is 3.96. The van der Waals surface area contributed by atoms with Gasteiger partial charge in [0.2, 0.25) is 0 Å². The lowest BCUT2D eigenvalue weighted by Crippen LogP contribution is -2.36. The molecular weight excluding hydrogens is 388 g/mol. The highest BCUT2D eigenvalue weighted by atomic mass is 79.9. The Kier molecular flexibility index (Phi) is 7.55. The molecule has 1 atom stereocenters. The topological polar surface area (TPSA) is 50.4 Å². The molecule has 4 nitrogen and oxygen atoms in total. The average Bonchev–Trinajstić information content (AvgIpc) is 2.40. The zero-order valence-corrected chi connectivity index (χ0v) is 15.1. The van der Waals surface area contributed by atoms with Crippen LogP contribution in [-0.4, -0.2) is 25.6 Å². The van der Waals surface area contributed by atoms with Gasteiger partial charge in [0.25, 0.3) is 5.91 Å². The van der Waals surface area contributed by atoms with Crippen LogP contribution < -0.4 is 15.4 Å². The molecule has 0 spiro atoms. The van der Waals surface area contributed by atoms with Crippen molar-refractivity contribution >= 4 is 37.8 Å². The molecule has 20 heavy (non-hydrogen) atoms. The minimum absolute atomic E-state index is 0.107. The fraction of sp³-hybridized carbons (Fsp3) is 0.500. The minimum Gasteiger partial charge on any atom is -0.479 e. The molecule has 0 saturated carbocycles. The van der Waals surface area contributed by atoms with Crippen molar-refractivity contribution in [2.45, 2.75) is 32.9 Å². The van der Waals surface area contributed by atoms with Crippen LogP contribution >= 0.6 is 31.9 Å². The highest BCUT2D eigenvalue weighted by Crippen LogP contribution is 2.35. The zero-order chi connectivity index (χ0) is 15.1. The Morgan fingerprint density at radius 2 is 1.95 bits per heavy atom. The summed E-state index contributed by atoms with van der Waals surface area (Å²) in [6.45, 7) is 5.19. The van der Waals surface area contributed by atoms with Crippen molar-refractivity contribution < 1.29 is 9.53 Å². The summed E-state index contributed by atoms with van der Waals surface area (Å²) in [4.78, 5) is 11.8. The SMILES string of the molecule is CCCNC(=O)C(C)Oc1c(Br)cc(CNC)cc1Br. The van der Waals surface area contributed by atoms with Gasteiger partial charge in [0.1, 0.15) is 5.75 Å². The Morgan fingerprint density at radius 3 is 2.45 bits per heavy atom. The summed E-state index contributed by atoms with van der Waals surface area (Å²) in [6.07, 6.45) is 0.370.